The van der Waals surface area contributed by atoms with Crippen molar-refractivity contribution in [2.45, 2.75) is 39.3 Å². The minimum absolute atomic E-state index is 0.0573. The predicted molar refractivity (Wildman–Crippen MR) is 76.3 cm³/mol. The molecule has 1 rings (SSSR count). The summed E-state index contributed by atoms with van der Waals surface area (Å²) >= 11 is 3.57. The minimum Gasteiger partial charge on any atom is -0.375 e. The monoisotopic (exact) mass is 299 g/mol. The second-order valence-electron chi connectivity index (χ2n) is 5.16. The fourth-order valence-electron chi connectivity index (χ4n) is 1.57. The molecule has 2 nitrogen and oxygen atoms in total. The van der Waals surface area contributed by atoms with Crippen LogP contribution in [0.15, 0.2) is 28.7 Å². The van der Waals surface area contributed by atoms with Gasteiger partial charge in [0.05, 0.1) is 12.2 Å². The quantitative estimate of drug-likeness (QED) is 0.832. The summed E-state index contributed by atoms with van der Waals surface area (Å²) in [5, 5.41) is 3.46. The fourth-order valence-corrected chi connectivity index (χ4v) is 2.20. The molecule has 1 N–H and O–H groups in total. The average molecular weight is 300 g/mol. The molecule has 0 bridgehead atoms. The maximum atomic E-state index is 5.67. The molecule has 0 fully saturated rings. The Hall–Kier alpha value is -0.380. The highest BCUT2D eigenvalue weighted by molar-refractivity contribution is 9.10. The SMILES string of the molecule is C[C@H](NCCOC(C)(C)C)c1ccccc1Br. The standard InChI is InChI=1S/C14H22BrNO/c1-11(12-7-5-6-8-13(12)15)16-9-10-17-14(2,3)4/h5-8,11,16H,9-10H2,1-4H3/t11-/m0/s1. The van der Waals surface area contributed by atoms with Crippen molar-refractivity contribution >= 4 is 15.9 Å². The van der Waals surface area contributed by atoms with Crippen LogP contribution in [0.3, 0.4) is 0 Å². The summed E-state index contributed by atoms with van der Waals surface area (Å²) in [7, 11) is 0. The Bertz CT molecular complexity index is 346. The van der Waals surface area contributed by atoms with Crippen molar-refractivity contribution in [1.82, 2.24) is 5.32 Å². The van der Waals surface area contributed by atoms with Gasteiger partial charge in [0, 0.05) is 17.1 Å². The van der Waals surface area contributed by atoms with Gasteiger partial charge in [-0.25, -0.2) is 0 Å². The molecule has 0 amide bonds. The molecule has 1 aromatic rings. The summed E-state index contributed by atoms with van der Waals surface area (Å²) in [5.74, 6) is 0. The van der Waals surface area contributed by atoms with Crippen LogP contribution in [-0.4, -0.2) is 18.8 Å². The van der Waals surface area contributed by atoms with Gasteiger partial charge in [0.2, 0.25) is 0 Å². The van der Waals surface area contributed by atoms with Crippen molar-refractivity contribution < 1.29 is 4.74 Å². The van der Waals surface area contributed by atoms with Gasteiger partial charge in [-0.2, -0.15) is 0 Å². The summed E-state index contributed by atoms with van der Waals surface area (Å²) in [6.07, 6.45) is 0. The first-order valence-electron chi connectivity index (χ1n) is 6.02. The molecular weight excluding hydrogens is 278 g/mol. The van der Waals surface area contributed by atoms with Crippen molar-refractivity contribution in [3.63, 3.8) is 0 Å². The van der Waals surface area contributed by atoms with Crippen LogP contribution < -0.4 is 5.32 Å². The van der Waals surface area contributed by atoms with Crippen molar-refractivity contribution in [2.75, 3.05) is 13.2 Å². The molecule has 0 aromatic heterocycles. The first kappa shape index (κ1) is 14.7. The van der Waals surface area contributed by atoms with E-state index in [9.17, 15) is 0 Å². The molecule has 96 valence electrons. The summed E-state index contributed by atoms with van der Waals surface area (Å²) in [6, 6.07) is 8.62. The minimum atomic E-state index is -0.0573. The van der Waals surface area contributed by atoms with Gasteiger partial charge >= 0.3 is 0 Å². The van der Waals surface area contributed by atoms with Crippen molar-refractivity contribution in [3.05, 3.63) is 34.3 Å². The summed E-state index contributed by atoms with van der Waals surface area (Å²) in [4.78, 5) is 0. The number of nitrogens with one attached hydrogen (secondary N) is 1. The van der Waals surface area contributed by atoms with E-state index in [0.717, 1.165) is 17.6 Å². The Morgan fingerprint density at radius 2 is 1.94 bits per heavy atom. The summed E-state index contributed by atoms with van der Waals surface area (Å²) in [6.45, 7) is 9.98. The third kappa shape index (κ3) is 5.66. The van der Waals surface area contributed by atoms with Crippen LogP contribution in [0.1, 0.15) is 39.3 Å². The maximum absolute atomic E-state index is 5.67. The van der Waals surface area contributed by atoms with Gasteiger partial charge < -0.3 is 10.1 Å². The highest BCUT2D eigenvalue weighted by Gasteiger charge is 2.11. The van der Waals surface area contributed by atoms with E-state index in [1.165, 1.54) is 5.56 Å². The smallest absolute Gasteiger partial charge is 0.0599 e. The molecule has 0 radical (unpaired) electrons. The molecule has 0 aliphatic rings. The second-order valence-corrected chi connectivity index (χ2v) is 6.01. The van der Waals surface area contributed by atoms with E-state index < -0.39 is 0 Å². The lowest BCUT2D eigenvalue weighted by Crippen LogP contribution is -2.28. The number of rotatable bonds is 5. The van der Waals surface area contributed by atoms with E-state index in [1.807, 2.05) is 6.07 Å². The van der Waals surface area contributed by atoms with Gasteiger partial charge in [-0.1, -0.05) is 34.1 Å². The topological polar surface area (TPSA) is 21.3 Å². The van der Waals surface area contributed by atoms with Crippen molar-refractivity contribution in [1.29, 1.82) is 0 Å². The van der Waals surface area contributed by atoms with Gasteiger partial charge in [-0.05, 0) is 39.3 Å². The van der Waals surface area contributed by atoms with Crippen molar-refractivity contribution in [3.8, 4) is 0 Å². The van der Waals surface area contributed by atoms with E-state index in [-0.39, 0.29) is 5.60 Å². The highest BCUT2D eigenvalue weighted by Crippen LogP contribution is 2.22. The Labute approximate surface area is 113 Å². The first-order valence-corrected chi connectivity index (χ1v) is 6.81. The molecule has 0 saturated heterocycles. The van der Waals surface area contributed by atoms with Crippen LogP contribution in [0.25, 0.3) is 0 Å². The van der Waals surface area contributed by atoms with Crippen LogP contribution in [0.5, 0.6) is 0 Å². The molecule has 1 aromatic carbocycles. The zero-order valence-corrected chi connectivity index (χ0v) is 12.7. The van der Waals surface area contributed by atoms with Gasteiger partial charge in [0.25, 0.3) is 0 Å². The molecule has 17 heavy (non-hydrogen) atoms. The molecular formula is C14H22BrNO. The molecule has 3 heteroatoms. The highest BCUT2D eigenvalue weighted by atomic mass is 79.9. The Morgan fingerprint density at radius 1 is 1.29 bits per heavy atom. The molecule has 0 aliphatic heterocycles. The predicted octanol–water partition coefficient (Wildman–Crippen LogP) is 3.91. The Kier molecular flexibility index (Phi) is 5.63. The van der Waals surface area contributed by atoms with Gasteiger partial charge in [0.15, 0.2) is 0 Å². The molecule has 0 saturated carbocycles. The Morgan fingerprint density at radius 3 is 2.53 bits per heavy atom. The van der Waals surface area contributed by atoms with E-state index in [4.69, 9.17) is 4.74 Å². The van der Waals surface area contributed by atoms with E-state index in [2.05, 4.69) is 67.1 Å². The normalized spacial score (nSPS) is 13.7. The lowest BCUT2D eigenvalue weighted by molar-refractivity contribution is -0.00149. The zero-order valence-electron chi connectivity index (χ0n) is 11.1. The van der Waals surface area contributed by atoms with Crippen molar-refractivity contribution in [2.24, 2.45) is 0 Å². The zero-order chi connectivity index (χ0) is 12.9. The molecule has 0 spiro atoms. The molecule has 0 heterocycles. The number of hydrogen-bond acceptors (Lipinski definition) is 2. The molecule has 1 atom stereocenters. The van der Waals surface area contributed by atoms with Crippen LogP contribution in [0.4, 0.5) is 0 Å². The number of halogens is 1. The summed E-state index contributed by atoms with van der Waals surface area (Å²) < 4.78 is 6.82. The third-order valence-electron chi connectivity index (χ3n) is 2.46. The third-order valence-corrected chi connectivity index (χ3v) is 3.18. The largest absolute Gasteiger partial charge is 0.375 e. The first-order chi connectivity index (χ1) is 7.90. The van der Waals surface area contributed by atoms with Gasteiger partial charge in [0.1, 0.15) is 0 Å². The summed E-state index contributed by atoms with van der Waals surface area (Å²) in [5.41, 5.74) is 1.22. The van der Waals surface area contributed by atoms with Crippen LogP contribution in [0.2, 0.25) is 0 Å². The Balaban J connectivity index is 2.36. The van der Waals surface area contributed by atoms with Crippen LogP contribution in [0, 0.1) is 0 Å². The van der Waals surface area contributed by atoms with E-state index >= 15 is 0 Å². The van der Waals surface area contributed by atoms with Crippen LogP contribution >= 0.6 is 15.9 Å². The molecule has 0 aliphatic carbocycles. The van der Waals surface area contributed by atoms with Gasteiger partial charge in [-0.3, -0.25) is 0 Å². The van der Waals surface area contributed by atoms with Gasteiger partial charge in [-0.15, -0.1) is 0 Å². The second kappa shape index (κ2) is 6.53. The van der Waals surface area contributed by atoms with E-state index in [1.54, 1.807) is 0 Å². The number of benzene rings is 1. The fraction of sp³-hybridized carbons (Fsp3) is 0.571. The lowest BCUT2D eigenvalue weighted by atomic mass is 10.1. The van der Waals surface area contributed by atoms with E-state index in [0.29, 0.717) is 6.04 Å². The maximum Gasteiger partial charge on any atom is 0.0599 e. The average Bonchev–Trinajstić information content (AvgIpc) is 2.23. The number of ether oxygens (including phenoxy) is 1. The van der Waals surface area contributed by atoms with Crippen LogP contribution in [-0.2, 0) is 4.74 Å². The molecule has 0 unspecified atom stereocenters. The number of hydrogen-bond donors (Lipinski definition) is 1. The lowest BCUT2D eigenvalue weighted by Gasteiger charge is -2.21.